The molecule has 1 N–H and O–H groups in total. The van der Waals surface area contributed by atoms with E-state index >= 15 is 0 Å². The highest BCUT2D eigenvalue weighted by molar-refractivity contribution is 9.10. The van der Waals surface area contributed by atoms with Gasteiger partial charge in [0.05, 0.1) is 16.4 Å². The topological polar surface area (TPSA) is 59.4 Å². The van der Waals surface area contributed by atoms with Crippen LogP contribution in [0.2, 0.25) is 10.0 Å². The minimum Gasteiger partial charge on any atom is -0.488 e. The van der Waals surface area contributed by atoms with Gasteiger partial charge in [0.25, 0.3) is 5.91 Å². The molecule has 1 aromatic heterocycles. The van der Waals surface area contributed by atoms with E-state index in [9.17, 15) is 4.79 Å². The molecule has 1 saturated carbocycles. The summed E-state index contributed by atoms with van der Waals surface area (Å²) in [7, 11) is 0. The van der Waals surface area contributed by atoms with Gasteiger partial charge in [0, 0.05) is 33.7 Å². The zero-order chi connectivity index (χ0) is 22.7. The van der Waals surface area contributed by atoms with Crippen LogP contribution in [0.3, 0.4) is 0 Å². The van der Waals surface area contributed by atoms with Crippen LogP contribution < -0.4 is 10.2 Å². The molecule has 6 nitrogen and oxygen atoms in total. The van der Waals surface area contributed by atoms with Gasteiger partial charge in [0.1, 0.15) is 12.4 Å². The zero-order valence-electron chi connectivity index (χ0n) is 18.1. The first kappa shape index (κ1) is 23.9. The molecular weight excluding hydrogens is 563 g/mol. The van der Waals surface area contributed by atoms with Crippen LogP contribution in [-0.2, 0) is 6.61 Å². The van der Waals surface area contributed by atoms with Crippen molar-refractivity contribution in [2.24, 2.45) is 11.8 Å². The summed E-state index contributed by atoms with van der Waals surface area (Å²) in [4.78, 5) is 13.4. The number of ether oxygens (including phenoxy) is 1. The lowest BCUT2D eigenvalue weighted by atomic mass is 10.0. The molecule has 2 atom stereocenters. The van der Waals surface area contributed by atoms with Crippen LogP contribution in [0.25, 0.3) is 16.9 Å². The number of aromatic nitrogens is 2. The van der Waals surface area contributed by atoms with Gasteiger partial charge < -0.3 is 4.74 Å². The molecule has 3 aromatic rings. The highest BCUT2D eigenvalue weighted by Gasteiger charge is 2.38. The second-order valence-electron chi connectivity index (χ2n) is 8.91. The number of hydrazine groups is 1. The van der Waals surface area contributed by atoms with E-state index in [1.807, 2.05) is 29.3 Å². The van der Waals surface area contributed by atoms with E-state index in [1.165, 1.54) is 19.3 Å². The van der Waals surface area contributed by atoms with Crippen molar-refractivity contribution in [3.8, 4) is 22.7 Å². The van der Waals surface area contributed by atoms with Crippen molar-refractivity contribution in [2.75, 3.05) is 13.1 Å². The van der Waals surface area contributed by atoms with Gasteiger partial charge in [-0.25, -0.2) is 9.69 Å². The fourth-order valence-corrected chi connectivity index (χ4v) is 6.19. The van der Waals surface area contributed by atoms with Crippen molar-refractivity contribution in [1.82, 2.24) is 20.2 Å². The first-order chi connectivity index (χ1) is 16.0. The minimum absolute atomic E-state index is 0. The summed E-state index contributed by atoms with van der Waals surface area (Å²) in [6.45, 7) is 2.04. The summed E-state index contributed by atoms with van der Waals surface area (Å²) in [6, 6.07) is 11.1. The van der Waals surface area contributed by atoms with Gasteiger partial charge in [-0.05, 0) is 61.1 Å². The Balaban J connectivity index is 0.00000241. The van der Waals surface area contributed by atoms with Crippen LogP contribution in [0.5, 0.6) is 5.75 Å². The van der Waals surface area contributed by atoms with Gasteiger partial charge in [-0.3, -0.25) is 10.2 Å². The van der Waals surface area contributed by atoms with Crippen LogP contribution in [0.4, 0.5) is 0 Å². The van der Waals surface area contributed by atoms with Crippen LogP contribution in [-0.4, -0.2) is 33.8 Å². The van der Waals surface area contributed by atoms with E-state index in [1.54, 1.807) is 16.8 Å². The molecule has 2 aliphatic heterocycles. The Hall–Kier alpha value is -1.77. The van der Waals surface area contributed by atoms with Gasteiger partial charge in [-0.2, -0.15) is 5.10 Å². The molecule has 0 bridgehead atoms. The van der Waals surface area contributed by atoms with Crippen molar-refractivity contribution >= 4 is 57.4 Å². The molecule has 10 heteroatoms. The van der Waals surface area contributed by atoms with E-state index in [-0.39, 0.29) is 24.9 Å². The number of halogens is 4. The van der Waals surface area contributed by atoms with Gasteiger partial charge >= 0.3 is 0 Å². The lowest BCUT2D eigenvalue weighted by Gasteiger charge is -2.21. The number of carbonyl (C=O) groups excluding carboxylic acids is 1. The van der Waals surface area contributed by atoms with Crippen molar-refractivity contribution in [1.29, 1.82) is 0 Å². The Morgan fingerprint density at radius 3 is 2.62 bits per heavy atom. The fraction of sp³-hybridized carbons (Fsp3) is 0.333. The molecule has 2 unspecified atom stereocenters. The van der Waals surface area contributed by atoms with Crippen molar-refractivity contribution in [3.63, 3.8) is 0 Å². The summed E-state index contributed by atoms with van der Waals surface area (Å²) >= 11 is 16.2. The maximum atomic E-state index is 13.4. The van der Waals surface area contributed by atoms with E-state index < -0.39 is 0 Å². The van der Waals surface area contributed by atoms with Crippen molar-refractivity contribution < 1.29 is 9.53 Å². The molecule has 0 spiro atoms. The summed E-state index contributed by atoms with van der Waals surface area (Å²) in [5.41, 5.74) is 6.50. The Morgan fingerprint density at radius 2 is 1.88 bits per heavy atom. The number of amides is 1. The van der Waals surface area contributed by atoms with E-state index in [4.69, 9.17) is 33.0 Å². The highest BCUT2D eigenvalue weighted by Crippen LogP contribution is 2.42. The van der Waals surface area contributed by atoms with Crippen molar-refractivity contribution in [2.45, 2.75) is 25.9 Å². The van der Waals surface area contributed by atoms with Crippen LogP contribution >= 0.6 is 51.5 Å². The summed E-state index contributed by atoms with van der Waals surface area (Å²) in [6.07, 6.45) is 3.79. The molecule has 6 rings (SSSR count). The van der Waals surface area contributed by atoms with E-state index in [0.717, 1.165) is 40.1 Å². The average molecular weight is 585 g/mol. The third-order valence-electron chi connectivity index (χ3n) is 6.89. The van der Waals surface area contributed by atoms with E-state index in [0.29, 0.717) is 33.3 Å². The molecular formula is C24H22BrCl3N4O2. The minimum atomic E-state index is -0.223. The van der Waals surface area contributed by atoms with Gasteiger partial charge in [0.15, 0.2) is 5.69 Å². The number of hydrogen-bond donors (Lipinski definition) is 1. The molecule has 1 amide bonds. The predicted octanol–water partition coefficient (Wildman–Crippen LogP) is 6.30. The number of nitrogens with zero attached hydrogens (tertiary/aromatic N) is 3. The second-order valence-corrected chi connectivity index (χ2v) is 10.7. The highest BCUT2D eigenvalue weighted by atomic mass is 79.9. The molecule has 3 heterocycles. The van der Waals surface area contributed by atoms with Gasteiger partial charge in [-0.15, -0.1) is 12.4 Å². The maximum absolute atomic E-state index is 13.4. The Morgan fingerprint density at radius 1 is 1.12 bits per heavy atom. The van der Waals surface area contributed by atoms with Gasteiger partial charge in [0.2, 0.25) is 0 Å². The molecule has 34 heavy (non-hydrogen) atoms. The second kappa shape index (κ2) is 9.36. The number of carbonyl (C=O) groups is 1. The Kier molecular flexibility index (Phi) is 6.59. The zero-order valence-corrected chi connectivity index (χ0v) is 22.0. The third-order valence-corrected chi connectivity index (χ3v) is 7.92. The quantitative estimate of drug-likeness (QED) is 0.393. The number of benzene rings is 2. The normalized spacial score (nSPS) is 20.7. The lowest BCUT2D eigenvalue weighted by Crippen LogP contribution is -2.41. The predicted molar refractivity (Wildman–Crippen MR) is 138 cm³/mol. The third kappa shape index (κ3) is 4.11. The van der Waals surface area contributed by atoms with Crippen LogP contribution in [0, 0.1) is 11.8 Å². The van der Waals surface area contributed by atoms with Gasteiger partial charge in [-0.1, -0.05) is 45.6 Å². The van der Waals surface area contributed by atoms with Crippen molar-refractivity contribution in [3.05, 3.63) is 62.2 Å². The maximum Gasteiger partial charge on any atom is 0.286 e. The SMILES string of the molecule is Cl.O=C(NN1CC2CCCC2C1)c1nn(-c2ccc(Cl)cc2Cl)c2c1COc1cc(Br)ccc1-2. The van der Waals surface area contributed by atoms with Crippen LogP contribution in [0.15, 0.2) is 40.9 Å². The summed E-state index contributed by atoms with van der Waals surface area (Å²) in [5.74, 6) is 1.86. The molecule has 178 valence electrons. The molecule has 1 saturated heterocycles. The van der Waals surface area contributed by atoms with E-state index in [2.05, 4.69) is 21.4 Å². The Bertz CT molecular complexity index is 1270. The molecule has 2 fully saturated rings. The lowest BCUT2D eigenvalue weighted by molar-refractivity contribution is 0.0806. The summed E-state index contributed by atoms with van der Waals surface area (Å²) in [5, 5.41) is 7.79. The fourth-order valence-electron chi connectivity index (χ4n) is 5.36. The number of nitrogens with one attached hydrogen (secondary N) is 1. The number of fused-ring (bicyclic) bond motifs is 4. The number of hydrogen-bond acceptors (Lipinski definition) is 4. The number of rotatable bonds is 3. The monoisotopic (exact) mass is 582 g/mol. The molecule has 0 radical (unpaired) electrons. The first-order valence-corrected chi connectivity index (χ1v) is 12.6. The summed E-state index contributed by atoms with van der Waals surface area (Å²) < 4.78 is 8.67. The Labute approximate surface area is 222 Å². The van der Waals surface area contributed by atoms with Crippen LogP contribution in [0.1, 0.15) is 35.3 Å². The largest absolute Gasteiger partial charge is 0.488 e. The average Bonchev–Trinajstić information content (AvgIpc) is 3.47. The smallest absolute Gasteiger partial charge is 0.286 e. The molecule has 3 aliphatic rings. The first-order valence-electron chi connectivity index (χ1n) is 11.0. The molecule has 1 aliphatic carbocycles. The standard InChI is InChI=1S/C24H21BrCl2N4O2.ClH/c25-15-4-6-17-21(8-15)33-12-18-22(24(32)29-30-10-13-2-1-3-14(13)11-30)28-31(23(17)18)20-7-5-16(26)9-19(20)27;/h4-9,13-14H,1-3,10-12H2,(H,29,32);1H. The molecule has 2 aromatic carbocycles.